The number of nitrogens with one attached hydrogen (secondary N) is 1. The number of likely N-dealkylation sites (tertiary alicyclic amines) is 1. The van der Waals surface area contributed by atoms with Crippen LogP contribution in [0.5, 0.6) is 5.75 Å². The normalized spacial score (nSPS) is 21.8. The number of carbonyl (C=O) groups is 1. The molecule has 1 amide bonds. The van der Waals surface area contributed by atoms with Gasteiger partial charge in [0.05, 0.1) is 13.0 Å². The summed E-state index contributed by atoms with van der Waals surface area (Å²) in [5.74, 6) is 1.00. The number of ether oxygens (including phenoxy) is 1. The van der Waals surface area contributed by atoms with E-state index in [1.54, 1.807) is 7.11 Å². The Labute approximate surface area is 132 Å². The summed E-state index contributed by atoms with van der Waals surface area (Å²) in [5, 5.41) is 3.47. The molecule has 0 aliphatic carbocycles. The van der Waals surface area contributed by atoms with E-state index >= 15 is 0 Å². The highest BCUT2D eigenvalue weighted by atomic mass is 16.5. The largest absolute Gasteiger partial charge is 0.497 e. The number of amides is 1. The summed E-state index contributed by atoms with van der Waals surface area (Å²) in [4.78, 5) is 14.8. The molecule has 2 heterocycles. The number of carbonyl (C=O) groups excluding carboxylic acids is 1. The van der Waals surface area contributed by atoms with Crippen molar-refractivity contribution < 1.29 is 9.53 Å². The van der Waals surface area contributed by atoms with E-state index in [1.165, 1.54) is 6.42 Å². The van der Waals surface area contributed by atoms with E-state index in [1.807, 2.05) is 31.2 Å². The van der Waals surface area contributed by atoms with Crippen LogP contribution in [0, 0.1) is 5.41 Å². The van der Waals surface area contributed by atoms with E-state index in [2.05, 4.69) is 10.2 Å². The molecule has 1 spiro atoms. The molecular formula is C18H26N2O2. The minimum Gasteiger partial charge on any atom is -0.497 e. The van der Waals surface area contributed by atoms with E-state index in [4.69, 9.17) is 4.74 Å². The van der Waals surface area contributed by atoms with Crippen LogP contribution < -0.4 is 10.1 Å². The maximum absolute atomic E-state index is 12.7. The summed E-state index contributed by atoms with van der Waals surface area (Å²) in [6.45, 7) is 6.08. The topological polar surface area (TPSA) is 41.6 Å². The lowest BCUT2D eigenvalue weighted by atomic mass is 9.77. The molecule has 1 N–H and O–H groups in total. The van der Waals surface area contributed by atoms with Crippen LogP contribution >= 0.6 is 0 Å². The average molecular weight is 302 g/mol. The maximum Gasteiger partial charge on any atom is 0.229 e. The van der Waals surface area contributed by atoms with Gasteiger partial charge in [0.25, 0.3) is 0 Å². The van der Waals surface area contributed by atoms with E-state index in [-0.39, 0.29) is 11.8 Å². The third kappa shape index (κ3) is 2.98. The van der Waals surface area contributed by atoms with Gasteiger partial charge in [-0.1, -0.05) is 12.1 Å². The highest BCUT2D eigenvalue weighted by Crippen LogP contribution is 2.37. The summed E-state index contributed by atoms with van der Waals surface area (Å²) in [7, 11) is 1.66. The van der Waals surface area contributed by atoms with Gasteiger partial charge >= 0.3 is 0 Å². The Morgan fingerprint density at radius 1 is 1.23 bits per heavy atom. The lowest BCUT2D eigenvalue weighted by Gasteiger charge is -2.39. The molecule has 1 unspecified atom stereocenters. The van der Waals surface area contributed by atoms with E-state index in [0.29, 0.717) is 5.41 Å². The maximum atomic E-state index is 12.7. The van der Waals surface area contributed by atoms with Gasteiger partial charge in [0, 0.05) is 19.6 Å². The van der Waals surface area contributed by atoms with Gasteiger partial charge in [-0.3, -0.25) is 4.79 Å². The van der Waals surface area contributed by atoms with Crippen LogP contribution in [0.2, 0.25) is 0 Å². The minimum atomic E-state index is -0.0818. The van der Waals surface area contributed by atoms with Crippen molar-refractivity contribution in [2.45, 2.75) is 32.1 Å². The molecule has 4 nitrogen and oxygen atoms in total. The molecule has 1 aromatic carbocycles. The Bertz CT molecular complexity index is 510. The molecule has 2 aliphatic rings. The Kier molecular flexibility index (Phi) is 4.39. The first-order chi connectivity index (χ1) is 10.6. The number of nitrogens with zero attached hydrogens (tertiary/aromatic N) is 1. The SMILES string of the molecule is COc1ccc(C(C)C(=O)N2CCC3(CCNC3)CC2)cc1. The Morgan fingerprint density at radius 2 is 1.91 bits per heavy atom. The Balaban J connectivity index is 1.61. The van der Waals surface area contributed by atoms with Gasteiger partial charge in [0.1, 0.15) is 5.75 Å². The average Bonchev–Trinajstić information content (AvgIpc) is 3.02. The summed E-state index contributed by atoms with van der Waals surface area (Å²) in [5.41, 5.74) is 1.52. The van der Waals surface area contributed by atoms with Crippen LogP contribution in [-0.4, -0.2) is 44.1 Å². The van der Waals surface area contributed by atoms with Crippen LogP contribution in [0.25, 0.3) is 0 Å². The highest BCUT2D eigenvalue weighted by Gasteiger charge is 2.38. The van der Waals surface area contributed by atoms with Gasteiger partial charge < -0.3 is 15.0 Å². The van der Waals surface area contributed by atoms with Crippen molar-refractivity contribution in [1.82, 2.24) is 10.2 Å². The lowest BCUT2D eigenvalue weighted by Crippen LogP contribution is -2.45. The highest BCUT2D eigenvalue weighted by molar-refractivity contribution is 5.83. The smallest absolute Gasteiger partial charge is 0.229 e. The molecule has 0 aromatic heterocycles. The molecular weight excluding hydrogens is 276 g/mol. The van der Waals surface area contributed by atoms with Crippen LogP contribution in [0.15, 0.2) is 24.3 Å². The third-order valence-corrected chi connectivity index (χ3v) is 5.45. The summed E-state index contributed by atoms with van der Waals surface area (Å²) in [6, 6.07) is 7.84. The first-order valence-corrected chi connectivity index (χ1v) is 8.27. The van der Waals surface area contributed by atoms with Crippen molar-refractivity contribution in [1.29, 1.82) is 0 Å². The zero-order valence-electron chi connectivity index (χ0n) is 13.6. The fourth-order valence-electron chi connectivity index (χ4n) is 3.73. The van der Waals surface area contributed by atoms with Crippen LogP contribution in [0.4, 0.5) is 0 Å². The molecule has 0 radical (unpaired) electrons. The second-order valence-corrected chi connectivity index (χ2v) is 6.75. The molecule has 1 atom stereocenters. The standard InChI is InChI=1S/C18H26N2O2/c1-14(15-3-5-16(22-2)6-4-15)17(21)20-11-8-18(9-12-20)7-10-19-13-18/h3-6,14,19H,7-13H2,1-2H3. The number of methoxy groups -OCH3 is 1. The zero-order valence-corrected chi connectivity index (χ0v) is 13.6. The van der Waals surface area contributed by atoms with E-state index < -0.39 is 0 Å². The molecule has 2 aliphatic heterocycles. The number of hydrogen-bond donors (Lipinski definition) is 1. The molecule has 0 saturated carbocycles. The van der Waals surface area contributed by atoms with E-state index in [0.717, 1.165) is 50.3 Å². The van der Waals surface area contributed by atoms with Crippen molar-refractivity contribution in [3.8, 4) is 5.75 Å². The minimum absolute atomic E-state index is 0.0818. The first kappa shape index (κ1) is 15.3. The van der Waals surface area contributed by atoms with Gasteiger partial charge in [0.15, 0.2) is 0 Å². The van der Waals surface area contributed by atoms with Gasteiger partial charge in [-0.05, 0) is 55.8 Å². The van der Waals surface area contributed by atoms with E-state index in [9.17, 15) is 4.79 Å². The zero-order chi connectivity index (χ0) is 15.6. The molecule has 0 bridgehead atoms. The van der Waals surface area contributed by atoms with Crippen LogP contribution in [-0.2, 0) is 4.79 Å². The van der Waals surface area contributed by atoms with Crippen molar-refractivity contribution in [2.24, 2.45) is 5.41 Å². The lowest BCUT2D eigenvalue weighted by molar-refractivity contribution is -0.134. The Morgan fingerprint density at radius 3 is 2.45 bits per heavy atom. The third-order valence-electron chi connectivity index (χ3n) is 5.45. The van der Waals surface area contributed by atoms with Gasteiger partial charge in [-0.15, -0.1) is 0 Å². The molecule has 3 rings (SSSR count). The summed E-state index contributed by atoms with van der Waals surface area (Å²) < 4.78 is 5.18. The summed E-state index contributed by atoms with van der Waals surface area (Å²) in [6.07, 6.45) is 3.55. The summed E-state index contributed by atoms with van der Waals surface area (Å²) >= 11 is 0. The molecule has 2 fully saturated rings. The van der Waals surface area contributed by atoms with Gasteiger partial charge in [0.2, 0.25) is 5.91 Å². The molecule has 120 valence electrons. The van der Waals surface area contributed by atoms with Gasteiger partial charge in [-0.2, -0.15) is 0 Å². The first-order valence-electron chi connectivity index (χ1n) is 8.27. The number of piperidine rings is 1. The van der Waals surface area contributed by atoms with Crippen molar-refractivity contribution >= 4 is 5.91 Å². The second kappa shape index (κ2) is 6.29. The van der Waals surface area contributed by atoms with Crippen LogP contribution in [0.3, 0.4) is 0 Å². The van der Waals surface area contributed by atoms with Crippen LogP contribution in [0.1, 0.15) is 37.7 Å². The molecule has 1 aromatic rings. The number of benzene rings is 1. The fraction of sp³-hybridized carbons (Fsp3) is 0.611. The second-order valence-electron chi connectivity index (χ2n) is 6.75. The molecule has 4 heteroatoms. The van der Waals surface area contributed by atoms with Crippen molar-refractivity contribution in [2.75, 3.05) is 33.3 Å². The molecule has 22 heavy (non-hydrogen) atoms. The van der Waals surface area contributed by atoms with Crippen molar-refractivity contribution in [3.05, 3.63) is 29.8 Å². The number of hydrogen-bond acceptors (Lipinski definition) is 3. The van der Waals surface area contributed by atoms with Gasteiger partial charge in [-0.25, -0.2) is 0 Å². The monoisotopic (exact) mass is 302 g/mol. The number of rotatable bonds is 3. The molecule has 2 saturated heterocycles. The van der Waals surface area contributed by atoms with Crippen molar-refractivity contribution in [3.63, 3.8) is 0 Å². The predicted molar refractivity (Wildman–Crippen MR) is 87.1 cm³/mol. The predicted octanol–water partition coefficient (Wildman–Crippen LogP) is 2.40. The fourth-order valence-corrected chi connectivity index (χ4v) is 3.73. The quantitative estimate of drug-likeness (QED) is 0.932. The Hall–Kier alpha value is -1.55.